The van der Waals surface area contributed by atoms with Gasteiger partial charge in [0.25, 0.3) is 0 Å². The van der Waals surface area contributed by atoms with Crippen molar-refractivity contribution in [2.24, 2.45) is 0 Å². The number of nitro groups is 1. The summed E-state index contributed by atoms with van der Waals surface area (Å²) in [6.07, 6.45) is 2.72. The normalized spacial score (nSPS) is 18.3. The quantitative estimate of drug-likeness (QED) is 0.646. The van der Waals surface area contributed by atoms with Crippen LogP contribution in [0.5, 0.6) is 0 Å². The molecular formula is C12H17N3O4. The number of methoxy groups -OCH3 is 1. The molecule has 1 N–H and O–H groups in total. The molecule has 1 aliphatic rings. The first kappa shape index (κ1) is 13.7. The van der Waals surface area contributed by atoms with E-state index in [4.69, 9.17) is 4.74 Å². The summed E-state index contributed by atoms with van der Waals surface area (Å²) in [6.45, 7) is 1.69. The van der Waals surface area contributed by atoms with E-state index >= 15 is 0 Å². The first-order chi connectivity index (χ1) is 9.04. The van der Waals surface area contributed by atoms with E-state index in [-0.39, 0.29) is 5.82 Å². The van der Waals surface area contributed by atoms with Crippen molar-refractivity contribution in [2.75, 3.05) is 31.7 Å². The standard InChI is InChI=1S/C12H17N3O4/c1-19-9-12(16)4-6-14(7-5-12)10-2-3-11(13-8-10)15(17)18/h2-3,8,16H,4-7,9H2,1H3. The molecule has 7 nitrogen and oxygen atoms in total. The molecule has 1 aromatic heterocycles. The average molecular weight is 267 g/mol. The Morgan fingerprint density at radius 2 is 2.21 bits per heavy atom. The van der Waals surface area contributed by atoms with Crippen LogP contribution in [0.4, 0.5) is 11.5 Å². The predicted octanol–water partition coefficient (Wildman–Crippen LogP) is 0.968. The maximum absolute atomic E-state index is 10.5. The molecule has 1 fully saturated rings. The molecule has 1 aliphatic heterocycles. The highest BCUT2D eigenvalue weighted by molar-refractivity contribution is 5.47. The number of pyridine rings is 1. The van der Waals surface area contributed by atoms with Gasteiger partial charge in [0.15, 0.2) is 6.20 Å². The first-order valence-corrected chi connectivity index (χ1v) is 6.11. The van der Waals surface area contributed by atoms with Gasteiger partial charge in [-0.15, -0.1) is 0 Å². The zero-order valence-corrected chi connectivity index (χ0v) is 10.8. The molecule has 0 unspecified atom stereocenters. The number of rotatable bonds is 4. The van der Waals surface area contributed by atoms with E-state index in [1.807, 2.05) is 0 Å². The maximum Gasteiger partial charge on any atom is 0.363 e. The molecule has 0 amide bonds. The van der Waals surface area contributed by atoms with Gasteiger partial charge in [0.1, 0.15) is 0 Å². The number of piperidine rings is 1. The molecule has 0 spiro atoms. The van der Waals surface area contributed by atoms with E-state index in [1.165, 1.54) is 12.3 Å². The number of anilines is 1. The molecule has 0 bridgehead atoms. The molecule has 0 saturated carbocycles. The lowest BCUT2D eigenvalue weighted by Gasteiger charge is -2.38. The summed E-state index contributed by atoms with van der Waals surface area (Å²) in [7, 11) is 1.57. The van der Waals surface area contributed by atoms with Crippen molar-refractivity contribution < 1.29 is 14.8 Å². The summed E-state index contributed by atoms with van der Waals surface area (Å²) < 4.78 is 5.01. The van der Waals surface area contributed by atoms with Crippen LogP contribution in [0.1, 0.15) is 12.8 Å². The van der Waals surface area contributed by atoms with E-state index < -0.39 is 10.5 Å². The molecular weight excluding hydrogens is 250 g/mol. The fraction of sp³-hybridized carbons (Fsp3) is 0.583. The Balaban J connectivity index is 1.99. The van der Waals surface area contributed by atoms with Crippen LogP contribution in [0.2, 0.25) is 0 Å². The maximum atomic E-state index is 10.5. The SMILES string of the molecule is COCC1(O)CCN(c2ccc([N+](=O)[O-])nc2)CC1. The Kier molecular flexibility index (Phi) is 3.96. The molecule has 7 heteroatoms. The summed E-state index contributed by atoms with van der Waals surface area (Å²) in [5, 5.41) is 20.7. The summed E-state index contributed by atoms with van der Waals surface area (Å²) in [5.41, 5.74) is 0.0736. The third-order valence-electron chi connectivity index (χ3n) is 3.39. The van der Waals surface area contributed by atoms with E-state index in [9.17, 15) is 15.2 Å². The Morgan fingerprint density at radius 1 is 1.53 bits per heavy atom. The molecule has 1 aromatic rings. The lowest BCUT2D eigenvalue weighted by Crippen LogP contribution is -2.47. The van der Waals surface area contributed by atoms with Crippen molar-refractivity contribution in [3.05, 3.63) is 28.4 Å². The van der Waals surface area contributed by atoms with Crippen LogP contribution in [0.3, 0.4) is 0 Å². The van der Waals surface area contributed by atoms with Crippen LogP contribution in [0, 0.1) is 10.1 Å². The lowest BCUT2D eigenvalue weighted by atomic mass is 9.92. The third-order valence-corrected chi connectivity index (χ3v) is 3.39. The molecule has 2 rings (SSSR count). The average Bonchev–Trinajstić information content (AvgIpc) is 2.40. The van der Waals surface area contributed by atoms with Crippen LogP contribution in [-0.4, -0.2) is 47.4 Å². The zero-order chi connectivity index (χ0) is 13.9. The van der Waals surface area contributed by atoms with Crippen molar-refractivity contribution >= 4 is 11.5 Å². The van der Waals surface area contributed by atoms with Crippen LogP contribution in [0.15, 0.2) is 18.3 Å². The zero-order valence-electron chi connectivity index (χ0n) is 10.8. The molecule has 104 valence electrons. The summed E-state index contributed by atoms with van der Waals surface area (Å²) in [5.74, 6) is -0.156. The smallest absolute Gasteiger partial charge is 0.363 e. The van der Waals surface area contributed by atoms with Gasteiger partial charge in [-0.25, -0.2) is 0 Å². The molecule has 19 heavy (non-hydrogen) atoms. The van der Waals surface area contributed by atoms with Crippen LogP contribution in [0.25, 0.3) is 0 Å². The van der Waals surface area contributed by atoms with Crippen molar-refractivity contribution in [2.45, 2.75) is 18.4 Å². The Bertz CT molecular complexity index is 441. The first-order valence-electron chi connectivity index (χ1n) is 6.11. The molecule has 0 aromatic carbocycles. The summed E-state index contributed by atoms with van der Waals surface area (Å²) in [6, 6.07) is 3.08. The van der Waals surface area contributed by atoms with Gasteiger partial charge in [0.05, 0.1) is 17.9 Å². The number of aromatic nitrogens is 1. The number of nitrogens with zero attached hydrogens (tertiary/aromatic N) is 3. The fourth-order valence-electron chi connectivity index (χ4n) is 2.27. The number of ether oxygens (including phenoxy) is 1. The van der Waals surface area contributed by atoms with Gasteiger partial charge in [-0.05, 0) is 28.8 Å². The minimum Gasteiger partial charge on any atom is -0.387 e. The molecule has 1 saturated heterocycles. The van der Waals surface area contributed by atoms with Gasteiger partial charge in [-0.2, -0.15) is 0 Å². The van der Waals surface area contributed by atoms with Gasteiger partial charge in [0, 0.05) is 26.3 Å². The van der Waals surface area contributed by atoms with Crippen LogP contribution in [-0.2, 0) is 4.74 Å². The number of hydrogen-bond acceptors (Lipinski definition) is 6. The van der Waals surface area contributed by atoms with Crippen molar-refractivity contribution in [1.29, 1.82) is 0 Å². The second-order valence-electron chi connectivity index (χ2n) is 4.78. The molecule has 0 radical (unpaired) electrons. The third kappa shape index (κ3) is 3.18. The Hall–Kier alpha value is -1.73. The second-order valence-corrected chi connectivity index (χ2v) is 4.78. The summed E-state index contributed by atoms with van der Waals surface area (Å²) in [4.78, 5) is 15.9. The van der Waals surface area contributed by atoms with E-state index in [0.29, 0.717) is 32.5 Å². The van der Waals surface area contributed by atoms with Gasteiger partial charge in [-0.3, -0.25) is 0 Å². The van der Waals surface area contributed by atoms with Crippen molar-refractivity contribution in [3.63, 3.8) is 0 Å². The van der Waals surface area contributed by atoms with Crippen molar-refractivity contribution in [3.8, 4) is 0 Å². The van der Waals surface area contributed by atoms with Crippen molar-refractivity contribution in [1.82, 2.24) is 4.98 Å². The molecule has 0 aliphatic carbocycles. The van der Waals surface area contributed by atoms with Gasteiger partial charge >= 0.3 is 5.82 Å². The molecule has 2 heterocycles. The van der Waals surface area contributed by atoms with E-state index in [0.717, 1.165) is 5.69 Å². The Morgan fingerprint density at radius 3 is 2.68 bits per heavy atom. The van der Waals surface area contributed by atoms with Gasteiger partial charge in [0.2, 0.25) is 0 Å². The van der Waals surface area contributed by atoms with Gasteiger partial charge < -0.3 is 24.9 Å². The van der Waals surface area contributed by atoms with Gasteiger partial charge in [-0.1, -0.05) is 0 Å². The van der Waals surface area contributed by atoms with Crippen LogP contribution < -0.4 is 4.90 Å². The fourth-order valence-corrected chi connectivity index (χ4v) is 2.27. The van der Waals surface area contributed by atoms with Crippen LogP contribution >= 0.6 is 0 Å². The predicted molar refractivity (Wildman–Crippen MR) is 69.2 cm³/mol. The monoisotopic (exact) mass is 267 g/mol. The van der Waals surface area contributed by atoms with E-state index in [2.05, 4.69) is 9.88 Å². The minimum absolute atomic E-state index is 0.156. The minimum atomic E-state index is -0.764. The highest BCUT2D eigenvalue weighted by atomic mass is 16.6. The topological polar surface area (TPSA) is 88.7 Å². The number of hydrogen-bond donors (Lipinski definition) is 1. The largest absolute Gasteiger partial charge is 0.387 e. The highest BCUT2D eigenvalue weighted by Gasteiger charge is 2.32. The lowest BCUT2D eigenvalue weighted by molar-refractivity contribution is -0.389. The number of aliphatic hydroxyl groups is 1. The summed E-state index contributed by atoms with van der Waals surface area (Å²) >= 11 is 0. The van der Waals surface area contributed by atoms with E-state index in [1.54, 1.807) is 13.2 Å². The highest BCUT2D eigenvalue weighted by Crippen LogP contribution is 2.26. The molecule has 0 atom stereocenters. The second kappa shape index (κ2) is 5.50. The Labute approximate surface area is 111 Å².